The molecule has 124 valence electrons. The molecule has 0 aliphatic heterocycles. The summed E-state index contributed by atoms with van der Waals surface area (Å²) in [5.74, 6) is -5.36. The van der Waals surface area contributed by atoms with Gasteiger partial charge in [-0.05, 0) is 31.4 Å². The van der Waals surface area contributed by atoms with Gasteiger partial charge in [0.15, 0.2) is 17.5 Å². The summed E-state index contributed by atoms with van der Waals surface area (Å²) in [4.78, 5) is 20.0. The molecule has 0 saturated carbocycles. The SMILES string of the molecule is Cc1nc(C)c(-c2nsc(-c3cc(O)c(C(=O)O)c(F)c3F)n2)s1. The molecular weight excluding hydrogens is 360 g/mol. The van der Waals surface area contributed by atoms with Crippen LogP contribution in [0.25, 0.3) is 21.3 Å². The molecule has 3 aromatic rings. The Kier molecular flexibility index (Phi) is 4.01. The van der Waals surface area contributed by atoms with Crippen LogP contribution < -0.4 is 0 Å². The minimum Gasteiger partial charge on any atom is -0.507 e. The lowest BCUT2D eigenvalue weighted by Gasteiger charge is -2.06. The number of halogens is 2. The Morgan fingerprint density at radius 1 is 1.21 bits per heavy atom. The van der Waals surface area contributed by atoms with Gasteiger partial charge in [0.05, 0.1) is 21.1 Å². The summed E-state index contributed by atoms with van der Waals surface area (Å²) < 4.78 is 32.2. The Labute approximate surface area is 142 Å². The van der Waals surface area contributed by atoms with Gasteiger partial charge in [-0.1, -0.05) is 0 Å². The largest absolute Gasteiger partial charge is 0.507 e. The third-order valence-electron chi connectivity index (χ3n) is 3.16. The molecule has 10 heteroatoms. The lowest BCUT2D eigenvalue weighted by molar-refractivity contribution is 0.0687. The van der Waals surface area contributed by atoms with Gasteiger partial charge >= 0.3 is 5.97 Å². The van der Waals surface area contributed by atoms with Gasteiger partial charge in [0, 0.05) is 0 Å². The van der Waals surface area contributed by atoms with E-state index in [2.05, 4.69) is 14.3 Å². The second kappa shape index (κ2) is 5.87. The predicted molar refractivity (Wildman–Crippen MR) is 84.5 cm³/mol. The van der Waals surface area contributed by atoms with Crippen molar-refractivity contribution in [3.8, 4) is 27.0 Å². The minimum atomic E-state index is -1.76. The van der Waals surface area contributed by atoms with Gasteiger partial charge in [-0.2, -0.15) is 4.37 Å². The van der Waals surface area contributed by atoms with Crippen molar-refractivity contribution in [2.45, 2.75) is 13.8 Å². The molecule has 3 rings (SSSR count). The molecular formula is C14H9F2N3O3S2. The molecule has 24 heavy (non-hydrogen) atoms. The normalized spacial score (nSPS) is 11.0. The second-order valence-corrected chi connectivity index (χ2v) is 6.78. The summed E-state index contributed by atoms with van der Waals surface area (Å²) in [7, 11) is 0. The van der Waals surface area contributed by atoms with Crippen LogP contribution in [0.4, 0.5) is 8.78 Å². The van der Waals surface area contributed by atoms with E-state index in [4.69, 9.17) is 5.11 Å². The maximum Gasteiger partial charge on any atom is 0.342 e. The lowest BCUT2D eigenvalue weighted by atomic mass is 10.1. The van der Waals surface area contributed by atoms with Gasteiger partial charge in [-0.25, -0.2) is 23.5 Å². The Hall–Kier alpha value is -2.46. The average Bonchev–Trinajstić information content (AvgIpc) is 3.09. The molecule has 2 heterocycles. The van der Waals surface area contributed by atoms with Crippen molar-refractivity contribution in [1.29, 1.82) is 0 Å². The first-order chi connectivity index (χ1) is 11.3. The van der Waals surface area contributed by atoms with Gasteiger partial charge < -0.3 is 10.2 Å². The zero-order valence-electron chi connectivity index (χ0n) is 12.3. The van der Waals surface area contributed by atoms with Crippen molar-refractivity contribution < 1.29 is 23.8 Å². The number of aromatic carboxylic acids is 1. The number of hydrogen-bond acceptors (Lipinski definition) is 7. The first-order valence-corrected chi connectivity index (χ1v) is 8.11. The number of thiazole rings is 1. The number of nitrogens with zero attached hydrogens (tertiary/aromatic N) is 3. The summed E-state index contributed by atoms with van der Waals surface area (Å²) in [6.07, 6.45) is 0. The molecule has 0 saturated heterocycles. The Morgan fingerprint density at radius 2 is 1.92 bits per heavy atom. The number of aromatic nitrogens is 3. The summed E-state index contributed by atoms with van der Waals surface area (Å²) in [6, 6.07) is 0.830. The van der Waals surface area contributed by atoms with Crippen LogP contribution in [0.3, 0.4) is 0 Å². The maximum atomic E-state index is 14.2. The first kappa shape index (κ1) is 16.4. The lowest BCUT2D eigenvalue weighted by Crippen LogP contribution is -2.04. The van der Waals surface area contributed by atoms with Gasteiger partial charge in [-0.3, -0.25) is 0 Å². The fraction of sp³-hybridized carbons (Fsp3) is 0.143. The molecule has 0 fully saturated rings. The van der Waals surface area contributed by atoms with E-state index in [1.807, 2.05) is 6.92 Å². The molecule has 0 amide bonds. The van der Waals surface area contributed by atoms with Crippen molar-refractivity contribution in [1.82, 2.24) is 14.3 Å². The smallest absolute Gasteiger partial charge is 0.342 e. The summed E-state index contributed by atoms with van der Waals surface area (Å²) in [6.45, 7) is 3.61. The fourth-order valence-corrected chi connectivity index (χ4v) is 3.73. The van der Waals surface area contributed by atoms with Crippen LogP contribution in [-0.4, -0.2) is 30.5 Å². The maximum absolute atomic E-state index is 14.2. The van der Waals surface area contributed by atoms with Gasteiger partial charge in [0.25, 0.3) is 0 Å². The number of aryl methyl sites for hydroxylation is 2. The van der Waals surface area contributed by atoms with E-state index in [-0.39, 0.29) is 10.6 Å². The van der Waals surface area contributed by atoms with Crippen LogP contribution in [0, 0.1) is 25.5 Å². The minimum absolute atomic E-state index is 0.0269. The van der Waals surface area contributed by atoms with E-state index in [0.717, 1.165) is 28.3 Å². The van der Waals surface area contributed by atoms with Crippen LogP contribution in [0.5, 0.6) is 5.75 Å². The highest BCUT2D eigenvalue weighted by atomic mass is 32.1. The molecule has 0 bridgehead atoms. The van der Waals surface area contributed by atoms with E-state index >= 15 is 0 Å². The molecule has 0 unspecified atom stereocenters. The van der Waals surface area contributed by atoms with Crippen LogP contribution in [0.1, 0.15) is 21.1 Å². The van der Waals surface area contributed by atoms with E-state index < -0.39 is 28.9 Å². The third kappa shape index (κ3) is 2.63. The molecule has 0 radical (unpaired) electrons. The number of rotatable bonds is 3. The van der Waals surface area contributed by atoms with Crippen molar-refractivity contribution in [3.05, 3.63) is 34.0 Å². The predicted octanol–water partition coefficient (Wildman–Crippen LogP) is 3.63. The molecule has 0 aliphatic carbocycles. The van der Waals surface area contributed by atoms with E-state index in [0.29, 0.717) is 10.7 Å². The zero-order chi connectivity index (χ0) is 17.6. The van der Waals surface area contributed by atoms with E-state index in [9.17, 15) is 18.7 Å². The fourth-order valence-electron chi connectivity index (χ4n) is 2.14. The Morgan fingerprint density at radius 3 is 2.50 bits per heavy atom. The number of carbonyl (C=O) groups is 1. The number of carboxylic acids is 1. The monoisotopic (exact) mass is 369 g/mol. The number of benzene rings is 1. The second-order valence-electron chi connectivity index (χ2n) is 4.82. The van der Waals surface area contributed by atoms with Crippen molar-refractivity contribution in [2.75, 3.05) is 0 Å². The molecule has 0 atom stereocenters. The van der Waals surface area contributed by atoms with Crippen LogP contribution in [-0.2, 0) is 0 Å². The van der Waals surface area contributed by atoms with E-state index in [1.54, 1.807) is 6.92 Å². The van der Waals surface area contributed by atoms with Crippen LogP contribution >= 0.6 is 22.9 Å². The molecule has 1 aromatic carbocycles. The van der Waals surface area contributed by atoms with Crippen molar-refractivity contribution >= 4 is 28.8 Å². The Balaban J connectivity index is 2.11. The standard InChI is InChI=1S/C14H9F2N3O3S2/c1-4-11(23-5(2)17-4)12-18-13(24-19-12)6-3-7(20)8(14(21)22)10(16)9(6)15/h3,20H,1-2H3,(H,21,22). The van der Waals surface area contributed by atoms with Crippen molar-refractivity contribution in [3.63, 3.8) is 0 Å². The zero-order valence-corrected chi connectivity index (χ0v) is 13.9. The molecule has 0 spiro atoms. The summed E-state index contributed by atoms with van der Waals surface area (Å²) in [5.41, 5.74) is -0.745. The number of carboxylic acid groups (broad SMARTS) is 1. The average molecular weight is 369 g/mol. The highest BCUT2D eigenvalue weighted by molar-refractivity contribution is 7.15. The number of hydrogen-bond donors (Lipinski definition) is 2. The number of phenols is 1. The third-order valence-corrected chi connectivity index (χ3v) is 4.98. The molecule has 2 aromatic heterocycles. The highest BCUT2D eigenvalue weighted by Gasteiger charge is 2.26. The Bertz CT molecular complexity index is 969. The molecule has 6 nitrogen and oxygen atoms in total. The quantitative estimate of drug-likeness (QED) is 0.732. The van der Waals surface area contributed by atoms with Crippen LogP contribution in [0.15, 0.2) is 6.07 Å². The van der Waals surface area contributed by atoms with Gasteiger partial charge in [-0.15, -0.1) is 11.3 Å². The van der Waals surface area contributed by atoms with Gasteiger partial charge in [0.1, 0.15) is 16.3 Å². The first-order valence-electron chi connectivity index (χ1n) is 6.52. The summed E-state index contributed by atoms with van der Waals surface area (Å²) in [5, 5.41) is 19.3. The summed E-state index contributed by atoms with van der Waals surface area (Å²) >= 11 is 2.18. The highest BCUT2D eigenvalue weighted by Crippen LogP contribution is 2.36. The van der Waals surface area contributed by atoms with E-state index in [1.165, 1.54) is 11.3 Å². The number of aromatic hydroxyl groups is 1. The van der Waals surface area contributed by atoms with Gasteiger partial charge in [0.2, 0.25) is 0 Å². The topological polar surface area (TPSA) is 96.2 Å². The molecule has 0 aliphatic rings. The molecule has 2 N–H and O–H groups in total. The van der Waals surface area contributed by atoms with Crippen LogP contribution in [0.2, 0.25) is 0 Å². The van der Waals surface area contributed by atoms with Crippen molar-refractivity contribution in [2.24, 2.45) is 0 Å².